The standard InChI is InChI=1S/C18H21NO4S/c1-22-13-5-6-16(23-2)14(10-13)17(12-7-9-24-11-12)19-8-3-4-15(19)18(20)21/h5-7,9-11,15,17H,3-4,8H2,1-2H3,(H,20,21). The van der Waals surface area contributed by atoms with E-state index in [1.807, 2.05) is 29.6 Å². The van der Waals surface area contributed by atoms with Crippen LogP contribution in [-0.4, -0.2) is 42.8 Å². The van der Waals surface area contributed by atoms with Crippen LogP contribution < -0.4 is 9.47 Å². The molecule has 1 aromatic heterocycles. The van der Waals surface area contributed by atoms with E-state index in [0.717, 1.165) is 35.6 Å². The summed E-state index contributed by atoms with van der Waals surface area (Å²) in [6, 6.07) is 7.07. The van der Waals surface area contributed by atoms with Gasteiger partial charge in [0.25, 0.3) is 0 Å². The number of carbonyl (C=O) groups is 1. The van der Waals surface area contributed by atoms with Crippen LogP contribution in [0.25, 0.3) is 0 Å². The smallest absolute Gasteiger partial charge is 0.320 e. The maximum absolute atomic E-state index is 11.7. The second-order valence-corrected chi connectivity index (χ2v) is 6.58. The molecule has 24 heavy (non-hydrogen) atoms. The molecule has 6 heteroatoms. The summed E-state index contributed by atoms with van der Waals surface area (Å²) in [5, 5.41) is 13.7. The van der Waals surface area contributed by atoms with E-state index in [1.54, 1.807) is 25.6 Å². The molecule has 1 aliphatic rings. The van der Waals surface area contributed by atoms with Crippen molar-refractivity contribution in [1.82, 2.24) is 4.90 Å². The molecular formula is C18H21NO4S. The van der Waals surface area contributed by atoms with E-state index in [-0.39, 0.29) is 6.04 Å². The van der Waals surface area contributed by atoms with Gasteiger partial charge in [-0.3, -0.25) is 9.69 Å². The van der Waals surface area contributed by atoms with Crippen LogP contribution in [0.3, 0.4) is 0 Å². The van der Waals surface area contributed by atoms with Crippen molar-refractivity contribution in [2.75, 3.05) is 20.8 Å². The summed E-state index contributed by atoms with van der Waals surface area (Å²) in [6.45, 7) is 0.748. The molecule has 2 heterocycles. The Balaban J connectivity index is 2.11. The van der Waals surface area contributed by atoms with Crippen molar-refractivity contribution in [3.63, 3.8) is 0 Å². The van der Waals surface area contributed by atoms with E-state index in [4.69, 9.17) is 9.47 Å². The molecule has 1 aromatic carbocycles. The third-order valence-electron chi connectivity index (χ3n) is 4.50. The highest BCUT2D eigenvalue weighted by molar-refractivity contribution is 7.08. The summed E-state index contributed by atoms with van der Waals surface area (Å²) in [5.41, 5.74) is 2.02. The Kier molecular flexibility index (Phi) is 5.06. The van der Waals surface area contributed by atoms with Crippen molar-refractivity contribution in [3.8, 4) is 11.5 Å². The summed E-state index contributed by atoms with van der Waals surface area (Å²) in [5.74, 6) is 0.703. The highest BCUT2D eigenvalue weighted by atomic mass is 32.1. The number of likely N-dealkylation sites (tertiary alicyclic amines) is 1. The van der Waals surface area contributed by atoms with Crippen LogP contribution in [0.1, 0.15) is 30.0 Å². The molecule has 5 nitrogen and oxygen atoms in total. The summed E-state index contributed by atoms with van der Waals surface area (Å²) in [6.07, 6.45) is 1.55. The minimum absolute atomic E-state index is 0.162. The lowest BCUT2D eigenvalue weighted by atomic mass is 9.97. The fourth-order valence-electron chi connectivity index (χ4n) is 3.40. The molecule has 0 spiro atoms. The molecule has 0 saturated carbocycles. The van der Waals surface area contributed by atoms with Gasteiger partial charge in [-0.05, 0) is 53.4 Å². The Labute approximate surface area is 145 Å². The van der Waals surface area contributed by atoms with Gasteiger partial charge in [0, 0.05) is 12.1 Å². The van der Waals surface area contributed by atoms with Crippen molar-refractivity contribution in [2.45, 2.75) is 24.9 Å². The van der Waals surface area contributed by atoms with E-state index >= 15 is 0 Å². The lowest BCUT2D eigenvalue weighted by Crippen LogP contribution is -2.39. The monoisotopic (exact) mass is 347 g/mol. The predicted molar refractivity (Wildman–Crippen MR) is 93.1 cm³/mol. The first-order chi connectivity index (χ1) is 11.7. The summed E-state index contributed by atoms with van der Waals surface area (Å²) in [7, 11) is 3.26. The number of thiophene rings is 1. The first-order valence-corrected chi connectivity index (χ1v) is 8.82. The molecule has 0 bridgehead atoms. The number of methoxy groups -OCH3 is 2. The van der Waals surface area contributed by atoms with E-state index in [2.05, 4.69) is 10.3 Å². The Morgan fingerprint density at radius 1 is 1.33 bits per heavy atom. The number of aliphatic carboxylic acids is 1. The van der Waals surface area contributed by atoms with Crippen LogP contribution in [0.4, 0.5) is 0 Å². The SMILES string of the molecule is COc1ccc(OC)c(C(c2ccsc2)N2CCCC2C(=O)O)c1. The Bertz CT molecular complexity index is 701. The van der Waals surface area contributed by atoms with Crippen molar-refractivity contribution in [1.29, 1.82) is 0 Å². The fourth-order valence-corrected chi connectivity index (χ4v) is 4.08. The van der Waals surface area contributed by atoms with Gasteiger partial charge in [-0.25, -0.2) is 0 Å². The molecular weight excluding hydrogens is 326 g/mol. The second kappa shape index (κ2) is 7.23. The van der Waals surface area contributed by atoms with Crippen LogP contribution in [0.5, 0.6) is 11.5 Å². The number of carboxylic acid groups (broad SMARTS) is 1. The number of rotatable bonds is 6. The zero-order valence-corrected chi connectivity index (χ0v) is 14.6. The van der Waals surface area contributed by atoms with Gasteiger partial charge in [0.15, 0.2) is 0 Å². The first-order valence-electron chi connectivity index (χ1n) is 7.88. The molecule has 0 radical (unpaired) electrons. The largest absolute Gasteiger partial charge is 0.497 e. The quantitative estimate of drug-likeness (QED) is 0.868. The van der Waals surface area contributed by atoms with Crippen molar-refractivity contribution >= 4 is 17.3 Å². The van der Waals surface area contributed by atoms with Gasteiger partial charge in [0.05, 0.1) is 20.3 Å². The zero-order chi connectivity index (χ0) is 17.1. The molecule has 2 aromatic rings. The molecule has 1 N–H and O–H groups in total. The van der Waals surface area contributed by atoms with Crippen LogP contribution in [-0.2, 0) is 4.79 Å². The third-order valence-corrected chi connectivity index (χ3v) is 5.20. The van der Waals surface area contributed by atoms with Gasteiger partial charge >= 0.3 is 5.97 Å². The van der Waals surface area contributed by atoms with Gasteiger partial charge in [-0.2, -0.15) is 11.3 Å². The Morgan fingerprint density at radius 3 is 2.79 bits per heavy atom. The number of hydrogen-bond donors (Lipinski definition) is 1. The summed E-state index contributed by atoms with van der Waals surface area (Å²) < 4.78 is 10.9. The van der Waals surface area contributed by atoms with E-state index in [9.17, 15) is 9.90 Å². The molecule has 128 valence electrons. The average molecular weight is 347 g/mol. The number of carboxylic acids is 1. The minimum atomic E-state index is -0.769. The van der Waals surface area contributed by atoms with Crippen molar-refractivity contribution < 1.29 is 19.4 Å². The van der Waals surface area contributed by atoms with Gasteiger partial charge in [0.2, 0.25) is 0 Å². The molecule has 0 amide bonds. The number of ether oxygens (including phenoxy) is 2. The van der Waals surface area contributed by atoms with Crippen LogP contribution in [0, 0.1) is 0 Å². The van der Waals surface area contributed by atoms with Gasteiger partial charge in [-0.1, -0.05) is 0 Å². The minimum Gasteiger partial charge on any atom is -0.497 e. The Hall–Kier alpha value is -2.05. The van der Waals surface area contributed by atoms with Gasteiger partial charge in [0.1, 0.15) is 17.5 Å². The molecule has 1 saturated heterocycles. The first kappa shape index (κ1) is 16.8. The summed E-state index contributed by atoms with van der Waals surface area (Å²) >= 11 is 1.61. The molecule has 1 fully saturated rings. The molecule has 2 unspecified atom stereocenters. The van der Waals surface area contributed by atoms with Crippen LogP contribution in [0.15, 0.2) is 35.0 Å². The van der Waals surface area contributed by atoms with Gasteiger partial charge in [-0.15, -0.1) is 0 Å². The van der Waals surface area contributed by atoms with Crippen LogP contribution in [0.2, 0.25) is 0 Å². The number of benzene rings is 1. The molecule has 1 aliphatic heterocycles. The molecule has 0 aliphatic carbocycles. The predicted octanol–water partition coefficient (Wildman–Crippen LogP) is 3.40. The van der Waals surface area contributed by atoms with E-state index < -0.39 is 12.0 Å². The lowest BCUT2D eigenvalue weighted by molar-refractivity contribution is -0.142. The highest BCUT2D eigenvalue weighted by Crippen LogP contribution is 2.41. The molecule has 3 rings (SSSR count). The third kappa shape index (κ3) is 3.12. The van der Waals surface area contributed by atoms with Gasteiger partial charge < -0.3 is 14.6 Å². The highest BCUT2D eigenvalue weighted by Gasteiger charge is 2.38. The second-order valence-electron chi connectivity index (χ2n) is 5.80. The number of hydrogen-bond acceptors (Lipinski definition) is 5. The van der Waals surface area contributed by atoms with Crippen LogP contribution >= 0.6 is 11.3 Å². The summed E-state index contributed by atoms with van der Waals surface area (Å²) in [4.78, 5) is 13.8. The maximum atomic E-state index is 11.7. The number of nitrogens with zero attached hydrogens (tertiary/aromatic N) is 1. The lowest BCUT2D eigenvalue weighted by Gasteiger charge is -2.32. The normalized spacial score (nSPS) is 19.2. The Morgan fingerprint density at radius 2 is 2.17 bits per heavy atom. The fraction of sp³-hybridized carbons (Fsp3) is 0.389. The van der Waals surface area contributed by atoms with Crippen molar-refractivity contribution in [2.24, 2.45) is 0 Å². The van der Waals surface area contributed by atoms with Crippen molar-refractivity contribution in [3.05, 3.63) is 46.2 Å². The average Bonchev–Trinajstić information content (AvgIpc) is 3.27. The topological polar surface area (TPSA) is 59.0 Å². The van der Waals surface area contributed by atoms with E-state index in [1.165, 1.54) is 0 Å². The maximum Gasteiger partial charge on any atom is 0.320 e. The zero-order valence-electron chi connectivity index (χ0n) is 13.8. The molecule has 2 atom stereocenters. The van der Waals surface area contributed by atoms with E-state index in [0.29, 0.717) is 6.42 Å².